The first-order chi connectivity index (χ1) is 14.3. The molecule has 0 heterocycles. The van der Waals surface area contributed by atoms with Crippen LogP contribution in [0.4, 0.5) is 5.69 Å². The zero-order valence-electron chi connectivity index (χ0n) is 17.9. The van der Waals surface area contributed by atoms with Gasteiger partial charge in [0.1, 0.15) is 5.75 Å². The van der Waals surface area contributed by atoms with Gasteiger partial charge >= 0.3 is 5.97 Å². The second-order valence-corrected chi connectivity index (χ2v) is 9.88. The topological polar surface area (TPSA) is 111 Å². The van der Waals surface area contributed by atoms with Crippen molar-refractivity contribution in [2.24, 2.45) is 0 Å². The van der Waals surface area contributed by atoms with Crippen LogP contribution in [0.25, 0.3) is 0 Å². The summed E-state index contributed by atoms with van der Waals surface area (Å²) in [4.78, 5) is 24.8. The fourth-order valence-electron chi connectivity index (χ4n) is 2.53. The number of carbonyl (C=O) groups is 2. The second kappa shape index (κ2) is 9.67. The highest BCUT2D eigenvalue weighted by atomic mass is 35.5. The van der Waals surface area contributed by atoms with Crippen LogP contribution < -0.4 is 14.8 Å². The average molecular weight is 469 g/mol. The number of methoxy groups -OCH3 is 1. The minimum absolute atomic E-state index is 0.0119. The monoisotopic (exact) mass is 468 g/mol. The highest BCUT2D eigenvalue weighted by Crippen LogP contribution is 2.28. The van der Waals surface area contributed by atoms with Crippen LogP contribution >= 0.6 is 11.6 Å². The van der Waals surface area contributed by atoms with Crippen LogP contribution in [0.1, 0.15) is 38.1 Å². The molecule has 2 aromatic carbocycles. The number of amides is 1. The quantitative estimate of drug-likeness (QED) is 0.600. The minimum atomic E-state index is -3.73. The standard InChI is InChI=1S/C21H25ClN2O6S/c1-13(19(25)23-17-12-15(22)8-11-18(17)29-5)30-20(26)14-6-9-16(10-7-14)31(27,28)24-21(2,3)4/h6-13,24H,1-5H3,(H,23,25). The van der Waals surface area contributed by atoms with Crippen molar-refractivity contribution in [1.82, 2.24) is 4.72 Å². The van der Waals surface area contributed by atoms with Crippen molar-refractivity contribution in [1.29, 1.82) is 0 Å². The smallest absolute Gasteiger partial charge is 0.338 e. The van der Waals surface area contributed by atoms with Gasteiger partial charge in [0.2, 0.25) is 10.0 Å². The molecule has 0 radical (unpaired) electrons. The number of benzene rings is 2. The summed E-state index contributed by atoms with van der Waals surface area (Å²) < 4.78 is 37.6. The number of ether oxygens (including phenoxy) is 2. The van der Waals surface area contributed by atoms with Gasteiger partial charge in [-0.1, -0.05) is 11.6 Å². The summed E-state index contributed by atoms with van der Waals surface area (Å²) in [5.74, 6) is -0.951. The summed E-state index contributed by atoms with van der Waals surface area (Å²) in [6, 6.07) is 9.96. The van der Waals surface area contributed by atoms with Gasteiger partial charge in [-0.3, -0.25) is 4.79 Å². The van der Waals surface area contributed by atoms with Crippen molar-refractivity contribution in [3.8, 4) is 5.75 Å². The Morgan fingerprint density at radius 3 is 2.23 bits per heavy atom. The van der Waals surface area contributed by atoms with E-state index in [2.05, 4.69) is 10.0 Å². The molecule has 1 unspecified atom stereocenters. The van der Waals surface area contributed by atoms with Crippen molar-refractivity contribution < 1.29 is 27.5 Å². The van der Waals surface area contributed by atoms with Crippen LogP contribution in [0.2, 0.25) is 5.02 Å². The van der Waals surface area contributed by atoms with Gasteiger partial charge < -0.3 is 14.8 Å². The molecule has 0 aliphatic heterocycles. The fourth-order valence-corrected chi connectivity index (χ4v) is 4.12. The molecular formula is C21H25ClN2O6S. The number of rotatable bonds is 7. The molecular weight excluding hydrogens is 444 g/mol. The molecule has 0 bridgehead atoms. The lowest BCUT2D eigenvalue weighted by Crippen LogP contribution is -2.40. The van der Waals surface area contributed by atoms with Crippen molar-refractivity contribution in [3.63, 3.8) is 0 Å². The summed E-state index contributed by atoms with van der Waals surface area (Å²) in [7, 11) is -2.28. The van der Waals surface area contributed by atoms with Crippen molar-refractivity contribution in [2.45, 2.75) is 44.2 Å². The molecule has 1 amide bonds. The van der Waals surface area contributed by atoms with Crippen LogP contribution in [0.3, 0.4) is 0 Å². The molecule has 2 rings (SSSR count). The number of anilines is 1. The molecule has 10 heteroatoms. The SMILES string of the molecule is COc1ccc(Cl)cc1NC(=O)C(C)OC(=O)c1ccc(S(=O)(=O)NC(C)(C)C)cc1. The lowest BCUT2D eigenvalue weighted by atomic mass is 10.1. The van der Waals surface area contributed by atoms with Gasteiger partial charge in [0.25, 0.3) is 5.91 Å². The lowest BCUT2D eigenvalue weighted by molar-refractivity contribution is -0.123. The Morgan fingerprint density at radius 1 is 1.06 bits per heavy atom. The van der Waals surface area contributed by atoms with Gasteiger partial charge in [-0.25, -0.2) is 17.9 Å². The molecule has 0 spiro atoms. The molecule has 0 aliphatic rings. The fraction of sp³-hybridized carbons (Fsp3) is 0.333. The van der Waals surface area contributed by atoms with Crippen molar-refractivity contribution in [3.05, 3.63) is 53.1 Å². The number of sulfonamides is 1. The minimum Gasteiger partial charge on any atom is -0.495 e. The van der Waals surface area contributed by atoms with Gasteiger partial charge in [0.05, 0.1) is 23.3 Å². The van der Waals surface area contributed by atoms with Crippen LogP contribution in [-0.4, -0.2) is 39.0 Å². The van der Waals surface area contributed by atoms with E-state index in [-0.39, 0.29) is 10.5 Å². The zero-order chi connectivity index (χ0) is 23.4. The Hall–Kier alpha value is -2.62. The third-order valence-electron chi connectivity index (χ3n) is 3.91. The molecule has 2 aromatic rings. The molecule has 2 N–H and O–H groups in total. The van der Waals surface area contributed by atoms with Crippen LogP contribution in [0, 0.1) is 0 Å². The predicted molar refractivity (Wildman–Crippen MR) is 118 cm³/mol. The van der Waals surface area contributed by atoms with Crippen LogP contribution in [0.15, 0.2) is 47.4 Å². The van der Waals surface area contributed by atoms with Crippen LogP contribution in [-0.2, 0) is 19.6 Å². The van der Waals surface area contributed by atoms with Crippen LogP contribution in [0.5, 0.6) is 5.75 Å². The zero-order valence-corrected chi connectivity index (χ0v) is 19.4. The Balaban J connectivity index is 2.06. The van der Waals surface area contributed by atoms with Gasteiger partial charge in [0.15, 0.2) is 6.10 Å². The number of esters is 1. The largest absolute Gasteiger partial charge is 0.495 e. The summed E-state index contributed by atoms with van der Waals surface area (Å²) >= 11 is 5.94. The molecule has 1 atom stereocenters. The molecule has 0 aliphatic carbocycles. The Kier molecular flexibility index (Phi) is 7.69. The molecule has 31 heavy (non-hydrogen) atoms. The van der Waals surface area contributed by atoms with E-state index in [0.29, 0.717) is 16.5 Å². The van der Waals surface area contributed by atoms with E-state index in [1.165, 1.54) is 44.4 Å². The molecule has 8 nitrogen and oxygen atoms in total. The Bertz CT molecular complexity index is 1060. The van der Waals surface area contributed by atoms with Gasteiger partial charge in [-0.05, 0) is 70.2 Å². The summed E-state index contributed by atoms with van der Waals surface area (Å²) in [6.45, 7) is 6.58. The Labute approximate surface area is 186 Å². The molecule has 0 saturated heterocycles. The van der Waals surface area contributed by atoms with E-state index >= 15 is 0 Å². The molecule has 0 fully saturated rings. The van der Waals surface area contributed by atoms with Gasteiger partial charge in [-0.15, -0.1) is 0 Å². The number of halogens is 1. The van der Waals surface area contributed by atoms with E-state index in [1.54, 1.807) is 32.9 Å². The molecule has 0 saturated carbocycles. The average Bonchev–Trinajstić information content (AvgIpc) is 2.66. The first-order valence-electron chi connectivity index (χ1n) is 9.32. The predicted octanol–water partition coefficient (Wildman–Crippen LogP) is 3.61. The highest BCUT2D eigenvalue weighted by Gasteiger charge is 2.23. The number of hydrogen-bond donors (Lipinski definition) is 2. The maximum Gasteiger partial charge on any atom is 0.338 e. The lowest BCUT2D eigenvalue weighted by Gasteiger charge is -2.20. The normalized spacial score (nSPS) is 12.7. The number of nitrogens with one attached hydrogen (secondary N) is 2. The first kappa shape index (κ1) is 24.6. The maximum absolute atomic E-state index is 12.4. The third kappa shape index (κ3) is 6.95. The van der Waals surface area contributed by atoms with Gasteiger partial charge in [-0.2, -0.15) is 0 Å². The van der Waals surface area contributed by atoms with E-state index in [9.17, 15) is 18.0 Å². The maximum atomic E-state index is 12.4. The van der Waals surface area contributed by atoms with E-state index in [4.69, 9.17) is 21.1 Å². The van der Waals surface area contributed by atoms with E-state index in [1.807, 2.05) is 0 Å². The van der Waals surface area contributed by atoms with E-state index < -0.39 is 33.5 Å². The Morgan fingerprint density at radius 2 is 1.68 bits per heavy atom. The summed E-state index contributed by atoms with van der Waals surface area (Å²) in [5.41, 5.74) is -0.205. The van der Waals surface area contributed by atoms with Crippen molar-refractivity contribution >= 4 is 39.2 Å². The van der Waals surface area contributed by atoms with E-state index in [0.717, 1.165) is 0 Å². The highest BCUT2D eigenvalue weighted by molar-refractivity contribution is 7.89. The first-order valence-corrected chi connectivity index (χ1v) is 11.2. The third-order valence-corrected chi connectivity index (χ3v) is 5.92. The second-order valence-electron chi connectivity index (χ2n) is 7.76. The number of hydrogen-bond acceptors (Lipinski definition) is 6. The molecule has 168 valence electrons. The van der Waals surface area contributed by atoms with Crippen molar-refractivity contribution in [2.75, 3.05) is 12.4 Å². The molecule has 0 aromatic heterocycles. The summed E-state index contributed by atoms with van der Waals surface area (Å²) in [5, 5.41) is 3.00. The number of carbonyl (C=O) groups excluding carboxylic acids is 2. The summed E-state index contributed by atoms with van der Waals surface area (Å²) in [6.07, 6.45) is -1.12. The van der Waals surface area contributed by atoms with Gasteiger partial charge in [0, 0.05) is 10.6 Å².